The number of carbonyl (C=O) groups is 1. The van der Waals surface area contributed by atoms with E-state index >= 15 is 0 Å². The average Bonchev–Trinajstić information content (AvgIpc) is 2.71. The van der Waals surface area contributed by atoms with Crippen LogP contribution in [0.3, 0.4) is 0 Å². The Hall–Kier alpha value is -2.40. The van der Waals surface area contributed by atoms with Gasteiger partial charge in [-0.3, -0.25) is 4.79 Å². The predicted octanol–water partition coefficient (Wildman–Crippen LogP) is 5.45. The number of hydrogen-bond acceptors (Lipinski definition) is 4. The second kappa shape index (κ2) is 11.3. The third kappa shape index (κ3) is 8.70. The first-order chi connectivity index (χ1) is 14.5. The summed E-state index contributed by atoms with van der Waals surface area (Å²) in [5, 5.41) is 3.55. The van der Waals surface area contributed by atoms with E-state index in [9.17, 15) is 4.79 Å². The van der Waals surface area contributed by atoms with Crippen LogP contribution in [0, 0.1) is 32.1 Å². The largest absolute Gasteiger partial charge is 0.466 e. The van der Waals surface area contributed by atoms with Gasteiger partial charge in [-0.25, -0.2) is 0 Å². The molecule has 0 saturated heterocycles. The molecule has 2 rings (SSSR count). The van der Waals surface area contributed by atoms with Gasteiger partial charge in [0.1, 0.15) is 6.61 Å². The van der Waals surface area contributed by atoms with Gasteiger partial charge in [0.2, 0.25) is 0 Å². The molecule has 0 radical (unpaired) electrons. The van der Waals surface area contributed by atoms with Gasteiger partial charge in [0.05, 0.1) is 12.0 Å². The van der Waals surface area contributed by atoms with Crippen molar-refractivity contribution in [2.75, 3.05) is 13.2 Å². The van der Waals surface area contributed by atoms with E-state index in [1.165, 1.54) is 22.3 Å². The fourth-order valence-corrected chi connectivity index (χ4v) is 3.12. The quantitative estimate of drug-likeness (QED) is 0.436. The van der Waals surface area contributed by atoms with Gasteiger partial charge in [-0.2, -0.15) is 0 Å². The molecule has 0 aliphatic carbocycles. The number of thiocarbonyl (C=S) groups is 1. The van der Waals surface area contributed by atoms with E-state index in [1.54, 1.807) is 0 Å². The topological polar surface area (TPSA) is 47.6 Å². The Balaban J connectivity index is 1.94. The van der Waals surface area contributed by atoms with Crippen molar-refractivity contribution in [1.82, 2.24) is 5.32 Å². The Kier molecular flexibility index (Phi) is 9.05. The molecule has 4 nitrogen and oxygen atoms in total. The van der Waals surface area contributed by atoms with Crippen LogP contribution in [0.4, 0.5) is 0 Å². The Morgan fingerprint density at radius 1 is 0.968 bits per heavy atom. The lowest BCUT2D eigenvalue weighted by molar-refractivity contribution is -0.154. The molecule has 0 heterocycles. The molecule has 1 unspecified atom stereocenters. The first-order valence-corrected chi connectivity index (χ1v) is 11.1. The number of hydrogen-bond donors (Lipinski definition) is 1. The minimum absolute atomic E-state index is 0.0781. The SMILES string of the molecule is Cc1ccc(COC(=S)NCC(COC(=O)C(C)(C)C)Cc2ccc(C)c(C)c2)cc1. The zero-order chi connectivity index (χ0) is 23.0. The lowest BCUT2D eigenvalue weighted by atomic mass is 9.96. The fourth-order valence-electron chi connectivity index (χ4n) is 2.98. The van der Waals surface area contributed by atoms with Crippen molar-refractivity contribution in [3.8, 4) is 0 Å². The minimum atomic E-state index is -0.523. The summed E-state index contributed by atoms with van der Waals surface area (Å²) in [5.41, 5.74) is 5.50. The molecular formula is C26H35NO3S. The van der Waals surface area contributed by atoms with E-state index in [0.29, 0.717) is 24.9 Å². The van der Waals surface area contributed by atoms with E-state index < -0.39 is 5.41 Å². The number of ether oxygens (including phenoxy) is 2. The van der Waals surface area contributed by atoms with Crippen LogP contribution in [0.15, 0.2) is 42.5 Å². The van der Waals surface area contributed by atoms with Gasteiger partial charge < -0.3 is 14.8 Å². The molecule has 0 fully saturated rings. The maximum atomic E-state index is 12.2. The van der Waals surface area contributed by atoms with Crippen molar-refractivity contribution in [3.05, 3.63) is 70.3 Å². The molecule has 1 N–H and O–H groups in total. The highest BCUT2D eigenvalue weighted by atomic mass is 32.1. The van der Waals surface area contributed by atoms with E-state index in [1.807, 2.05) is 32.9 Å². The van der Waals surface area contributed by atoms with Crippen LogP contribution in [0.2, 0.25) is 0 Å². The van der Waals surface area contributed by atoms with Crippen molar-refractivity contribution in [3.63, 3.8) is 0 Å². The Labute approximate surface area is 192 Å². The molecule has 0 spiro atoms. The van der Waals surface area contributed by atoms with Gasteiger partial charge in [-0.15, -0.1) is 0 Å². The van der Waals surface area contributed by atoms with Crippen LogP contribution in [0.5, 0.6) is 0 Å². The first kappa shape index (κ1) is 24.9. The monoisotopic (exact) mass is 441 g/mol. The summed E-state index contributed by atoms with van der Waals surface area (Å²) in [6, 6.07) is 14.6. The smallest absolute Gasteiger partial charge is 0.311 e. The Morgan fingerprint density at radius 2 is 1.61 bits per heavy atom. The lowest BCUT2D eigenvalue weighted by Crippen LogP contribution is -2.34. The van der Waals surface area contributed by atoms with Crippen LogP contribution in [-0.4, -0.2) is 24.3 Å². The van der Waals surface area contributed by atoms with E-state index in [0.717, 1.165) is 12.0 Å². The zero-order valence-electron chi connectivity index (χ0n) is 19.6. The second-order valence-corrected chi connectivity index (χ2v) is 9.65. The molecule has 2 aromatic rings. The molecule has 1 atom stereocenters. The standard InChI is InChI=1S/C26H35NO3S/c1-18-7-10-21(11-8-18)16-30-25(31)27-15-23(17-29-24(28)26(4,5)6)14-22-12-9-19(2)20(3)13-22/h7-13,23H,14-17H2,1-6H3,(H,27,31). The van der Waals surface area contributed by atoms with Crippen LogP contribution in [0.1, 0.15) is 48.6 Å². The Bertz CT molecular complexity index is 885. The summed E-state index contributed by atoms with van der Waals surface area (Å²) in [6.07, 6.45) is 0.784. The van der Waals surface area contributed by atoms with Crippen LogP contribution in [0.25, 0.3) is 0 Å². The van der Waals surface area contributed by atoms with Gasteiger partial charge in [-0.05, 0) is 82.4 Å². The Morgan fingerprint density at radius 3 is 2.23 bits per heavy atom. The van der Waals surface area contributed by atoms with Crippen molar-refractivity contribution in [1.29, 1.82) is 0 Å². The molecular weight excluding hydrogens is 406 g/mol. The number of nitrogens with one attached hydrogen (secondary N) is 1. The zero-order valence-corrected chi connectivity index (χ0v) is 20.4. The molecule has 0 saturated carbocycles. The van der Waals surface area contributed by atoms with Crippen LogP contribution >= 0.6 is 12.2 Å². The molecule has 5 heteroatoms. The third-order valence-corrected chi connectivity index (χ3v) is 5.45. The number of benzene rings is 2. The molecule has 0 aromatic heterocycles. The highest BCUT2D eigenvalue weighted by Crippen LogP contribution is 2.18. The van der Waals surface area contributed by atoms with Gasteiger partial charge in [0.15, 0.2) is 0 Å². The highest BCUT2D eigenvalue weighted by Gasteiger charge is 2.24. The number of rotatable bonds is 8. The fraction of sp³-hybridized carbons (Fsp3) is 0.462. The number of carbonyl (C=O) groups excluding carboxylic acids is 1. The van der Waals surface area contributed by atoms with Crippen LogP contribution in [-0.2, 0) is 27.3 Å². The molecule has 0 aliphatic rings. The number of esters is 1. The average molecular weight is 442 g/mol. The van der Waals surface area contributed by atoms with Gasteiger partial charge >= 0.3 is 5.97 Å². The minimum Gasteiger partial charge on any atom is -0.466 e. The van der Waals surface area contributed by atoms with Crippen molar-refractivity contribution in [2.45, 2.75) is 54.6 Å². The molecule has 2 aromatic carbocycles. The molecule has 0 amide bonds. The summed E-state index contributed by atoms with van der Waals surface area (Å²) in [5.74, 6) is -0.120. The van der Waals surface area contributed by atoms with Gasteiger partial charge in [-0.1, -0.05) is 48.0 Å². The van der Waals surface area contributed by atoms with Crippen molar-refractivity contribution < 1.29 is 14.3 Å². The van der Waals surface area contributed by atoms with Gasteiger partial charge in [0.25, 0.3) is 5.17 Å². The first-order valence-electron chi connectivity index (χ1n) is 10.7. The molecule has 168 valence electrons. The number of aryl methyl sites for hydroxylation is 3. The predicted molar refractivity (Wildman–Crippen MR) is 130 cm³/mol. The second-order valence-electron chi connectivity index (χ2n) is 9.28. The summed E-state index contributed by atoms with van der Waals surface area (Å²) in [6.45, 7) is 13.2. The molecule has 0 bridgehead atoms. The maximum Gasteiger partial charge on any atom is 0.311 e. The van der Waals surface area contributed by atoms with Crippen molar-refractivity contribution in [2.24, 2.45) is 11.3 Å². The molecule has 0 aliphatic heterocycles. The normalized spacial score (nSPS) is 12.2. The molecule has 31 heavy (non-hydrogen) atoms. The van der Waals surface area contributed by atoms with E-state index in [2.05, 4.69) is 56.4 Å². The lowest BCUT2D eigenvalue weighted by Gasteiger charge is -2.22. The summed E-state index contributed by atoms with van der Waals surface area (Å²) in [4.78, 5) is 12.2. The van der Waals surface area contributed by atoms with Crippen molar-refractivity contribution >= 4 is 23.4 Å². The van der Waals surface area contributed by atoms with E-state index in [4.69, 9.17) is 21.7 Å². The summed E-state index contributed by atoms with van der Waals surface area (Å²) < 4.78 is 11.3. The van der Waals surface area contributed by atoms with Crippen LogP contribution < -0.4 is 5.32 Å². The summed E-state index contributed by atoms with van der Waals surface area (Å²) in [7, 11) is 0. The maximum absolute atomic E-state index is 12.2. The highest BCUT2D eigenvalue weighted by molar-refractivity contribution is 7.80. The third-order valence-electron chi connectivity index (χ3n) is 5.18. The summed E-state index contributed by atoms with van der Waals surface area (Å²) >= 11 is 5.35. The van der Waals surface area contributed by atoms with E-state index in [-0.39, 0.29) is 11.9 Å². The van der Waals surface area contributed by atoms with Gasteiger partial charge in [0, 0.05) is 12.5 Å².